The summed E-state index contributed by atoms with van der Waals surface area (Å²) >= 11 is 5.83. The minimum Gasteiger partial charge on any atom is -0.396 e. The van der Waals surface area contributed by atoms with Crippen LogP contribution in [-0.2, 0) is 22.7 Å². The summed E-state index contributed by atoms with van der Waals surface area (Å²) in [6, 6.07) is 10.9. The van der Waals surface area contributed by atoms with Gasteiger partial charge in [0.2, 0.25) is 11.8 Å². The Morgan fingerprint density at radius 1 is 1.17 bits per heavy atom. The van der Waals surface area contributed by atoms with Crippen molar-refractivity contribution in [2.24, 2.45) is 5.41 Å². The number of aliphatic hydroxyl groups excluding tert-OH is 1. The van der Waals surface area contributed by atoms with Crippen molar-refractivity contribution in [2.75, 3.05) is 6.61 Å². The third kappa shape index (κ3) is 4.00. The molecule has 1 saturated carbocycles. The fourth-order valence-electron chi connectivity index (χ4n) is 5.31. The number of likely N-dealkylation sites (tertiary alicyclic amines) is 1. The summed E-state index contributed by atoms with van der Waals surface area (Å²) in [6.45, 7) is 1.26. The maximum Gasteiger partial charge on any atom is 0.243 e. The topological polar surface area (TPSA) is 91.6 Å². The van der Waals surface area contributed by atoms with Crippen LogP contribution in [0, 0.1) is 11.2 Å². The van der Waals surface area contributed by atoms with Gasteiger partial charge in [-0.25, -0.2) is 4.39 Å². The lowest BCUT2D eigenvalue weighted by molar-refractivity contribution is -0.140. The maximum absolute atomic E-state index is 14.2. The summed E-state index contributed by atoms with van der Waals surface area (Å²) in [5, 5.41) is 13.4. The molecule has 3 atom stereocenters. The molecular weight excluding hydrogens is 473 g/mol. The van der Waals surface area contributed by atoms with E-state index in [1.165, 1.54) is 19.1 Å². The third-order valence-corrected chi connectivity index (χ3v) is 7.57. The smallest absolute Gasteiger partial charge is 0.243 e. The van der Waals surface area contributed by atoms with Gasteiger partial charge in [-0.2, -0.15) is 0 Å². The molecule has 2 heterocycles. The minimum absolute atomic E-state index is 0.0289. The Bertz CT molecular complexity index is 1360. The number of nitrogens with zero attached hydrogens (tertiary/aromatic N) is 2. The number of aliphatic hydroxyl groups is 1. The third-order valence-electron chi connectivity index (χ3n) is 7.28. The molecule has 2 amide bonds. The monoisotopic (exact) mass is 497 g/mol. The number of carbonyl (C=O) groups is 3. The maximum atomic E-state index is 14.2. The molecule has 3 aromatic rings. The summed E-state index contributed by atoms with van der Waals surface area (Å²) in [6.07, 6.45) is 2.64. The Balaban J connectivity index is 1.37. The van der Waals surface area contributed by atoms with Gasteiger partial charge >= 0.3 is 0 Å². The Hall–Kier alpha value is -3.23. The number of piperidine rings is 1. The van der Waals surface area contributed by atoms with Crippen molar-refractivity contribution >= 4 is 40.1 Å². The van der Waals surface area contributed by atoms with Crippen LogP contribution in [0.5, 0.6) is 0 Å². The van der Waals surface area contributed by atoms with E-state index >= 15 is 0 Å². The van der Waals surface area contributed by atoms with Crippen molar-refractivity contribution in [3.05, 3.63) is 70.6 Å². The molecule has 35 heavy (non-hydrogen) atoms. The summed E-state index contributed by atoms with van der Waals surface area (Å²) in [4.78, 5) is 40.3. The van der Waals surface area contributed by atoms with Gasteiger partial charge in [-0.1, -0.05) is 41.9 Å². The van der Waals surface area contributed by atoms with Crippen LogP contribution in [0.2, 0.25) is 5.02 Å². The van der Waals surface area contributed by atoms with Crippen LogP contribution in [-0.4, -0.2) is 50.9 Å². The first-order valence-electron chi connectivity index (χ1n) is 11.5. The van der Waals surface area contributed by atoms with Crippen LogP contribution in [0.4, 0.5) is 4.39 Å². The number of ketones is 1. The van der Waals surface area contributed by atoms with Crippen LogP contribution in [0.25, 0.3) is 10.9 Å². The number of Topliss-reactive ketones (excluding diaryl/α,β-unsaturated/α-hetero) is 1. The van der Waals surface area contributed by atoms with Gasteiger partial charge < -0.3 is 19.9 Å². The molecule has 0 radical (unpaired) electrons. The van der Waals surface area contributed by atoms with Crippen LogP contribution >= 0.6 is 11.6 Å². The quantitative estimate of drug-likeness (QED) is 0.490. The highest BCUT2D eigenvalue weighted by molar-refractivity contribution is 6.30. The molecule has 1 aliphatic carbocycles. The number of hydrogen-bond donors (Lipinski definition) is 2. The molecule has 2 fully saturated rings. The van der Waals surface area contributed by atoms with Crippen molar-refractivity contribution in [1.29, 1.82) is 0 Å². The van der Waals surface area contributed by atoms with E-state index in [4.69, 9.17) is 11.6 Å². The van der Waals surface area contributed by atoms with Crippen molar-refractivity contribution in [2.45, 2.75) is 44.9 Å². The van der Waals surface area contributed by atoms with E-state index in [1.54, 1.807) is 21.7 Å². The number of nitrogens with one attached hydrogen (secondary N) is 1. The minimum atomic E-state index is -0.773. The standard InChI is InChI=1S/C26H25ClFN3O4/c1-15(33)18-12-30(20-8-3-2-6-17(18)20)13-23(34)31-21(9-26(14-32)10-22(26)31)25(35)29-11-16-5-4-7-19(27)24(16)28/h2-8,12,21-22,32H,9-11,13-14H2,1H3,(H,29,35)/t21-,22+,26-/m0/s1. The largest absolute Gasteiger partial charge is 0.396 e. The van der Waals surface area contributed by atoms with Crippen LogP contribution in [0.3, 0.4) is 0 Å². The molecule has 5 rings (SSSR count). The van der Waals surface area contributed by atoms with E-state index in [1.807, 2.05) is 24.3 Å². The molecule has 9 heteroatoms. The van der Waals surface area contributed by atoms with E-state index < -0.39 is 23.2 Å². The predicted molar refractivity (Wildman–Crippen MR) is 128 cm³/mol. The number of rotatable bonds is 7. The molecule has 0 unspecified atom stereocenters. The Labute approximate surface area is 206 Å². The predicted octanol–water partition coefficient (Wildman–Crippen LogP) is 3.30. The number of halogens is 2. The van der Waals surface area contributed by atoms with Gasteiger partial charge in [-0.15, -0.1) is 0 Å². The number of fused-ring (bicyclic) bond motifs is 2. The second-order valence-electron chi connectivity index (χ2n) is 9.44. The number of aromatic nitrogens is 1. The highest BCUT2D eigenvalue weighted by Gasteiger charge is 2.66. The van der Waals surface area contributed by atoms with Crippen molar-refractivity contribution in [3.8, 4) is 0 Å². The fourth-order valence-corrected chi connectivity index (χ4v) is 5.51. The van der Waals surface area contributed by atoms with E-state index in [-0.39, 0.29) is 48.0 Å². The average molecular weight is 498 g/mol. The van der Waals surface area contributed by atoms with E-state index in [0.29, 0.717) is 18.4 Å². The van der Waals surface area contributed by atoms with E-state index in [0.717, 1.165) is 10.9 Å². The molecule has 2 aliphatic rings. The zero-order valence-corrected chi connectivity index (χ0v) is 19.9. The normalized spacial score (nSPS) is 22.8. The molecule has 1 aromatic heterocycles. The fraction of sp³-hybridized carbons (Fsp3) is 0.346. The van der Waals surface area contributed by atoms with Crippen molar-refractivity contribution < 1.29 is 23.9 Å². The Morgan fingerprint density at radius 3 is 2.69 bits per heavy atom. The van der Waals surface area contributed by atoms with E-state index in [9.17, 15) is 23.9 Å². The Morgan fingerprint density at radius 2 is 1.94 bits per heavy atom. The number of carbonyl (C=O) groups excluding carboxylic acids is 3. The second kappa shape index (κ2) is 8.77. The van der Waals surface area contributed by atoms with Gasteiger partial charge in [0.05, 0.1) is 11.6 Å². The lowest BCUT2D eigenvalue weighted by Gasteiger charge is -2.27. The molecule has 2 N–H and O–H groups in total. The van der Waals surface area contributed by atoms with E-state index in [2.05, 4.69) is 5.32 Å². The van der Waals surface area contributed by atoms with Crippen LogP contribution in [0.1, 0.15) is 35.7 Å². The van der Waals surface area contributed by atoms with Gasteiger partial charge in [0.15, 0.2) is 5.78 Å². The molecule has 0 bridgehead atoms. The number of benzene rings is 2. The lowest BCUT2D eigenvalue weighted by atomic mass is 10.00. The number of amides is 2. The summed E-state index contributed by atoms with van der Waals surface area (Å²) in [5.41, 5.74) is 1.05. The zero-order valence-electron chi connectivity index (χ0n) is 19.1. The van der Waals surface area contributed by atoms with Gasteiger partial charge in [-0.05, 0) is 31.9 Å². The number of para-hydroxylation sites is 1. The highest BCUT2D eigenvalue weighted by atomic mass is 35.5. The molecule has 0 spiro atoms. The van der Waals surface area contributed by atoms with Crippen LogP contribution < -0.4 is 5.32 Å². The SMILES string of the molecule is CC(=O)c1cn(CC(=O)N2[C@H](C(=O)NCc3cccc(Cl)c3F)C[C@@]3(CO)C[C@@H]23)c2ccccc12. The summed E-state index contributed by atoms with van der Waals surface area (Å²) in [7, 11) is 0. The first kappa shape index (κ1) is 23.5. The first-order chi connectivity index (χ1) is 16.8. The summed E-state index contributed by atoms with van der Waals surface area (Å²) in [5.74, 6) is -1.36. The molecule has 182 valence electrons. The molecule has 1 saturated heterocycles. The van der Waals surface area contributed by atoms with Crippen LogP contribution in [0.15, 0.2) is 48.7 Å². The van der Waals surface area contributed by atoms with Crippen molar-refractivity contribution in [1.82, 2.24) is 14.8 Å². The highest BCUT2D eigenvalue weighted by Crippen LogP contribution is 2.59. The first-order valence-corrected chi connectivity index (χ1v) is 11.8. The zero-order chi connectivity index (χ0) is 24.9. The van der Waals surface area contributed by atoms with Gasteiger partial charge in [0.25, 0.3) is 0 Å². The molecule has 2 aromatic carbocycles. The second-order valence-corrected chi connectivity index (χ2v) is 9.84. The van der Waals surface area contributed by atoms with Crippen molar-refractivity contribution in [3.63, 3.8) is 0 Å². The van der Waals surface area contributed by atoms with Gasteiger partial charge in [0.1, 0.15) is 18.4 Å². The molecular formula is C26H25ClFN3O4. The summed E-state index contributed by atoms with van der Waals surface area (Å²) < 4.78 is 16.0. The average Bonchev–Trinajstić information content (AvgIpc) is 3.27. The Kier molecular flexibility index (Phi) is 5.89. The lowest BCUT2D eigenvalue weighted by Crippen LogP contribution is -2.48. The molecule has 7 nitrogen and oxygen atoms in total. The molecule has 1 aliphatic heterocycles. The number of hydrogen-bond acceptors (Lipinski definition) is 4. The van der Waals surface area contributed by atoms with Gasteiger partial charge in [-0.3, -0.25) is 14.4 Å². The van der Waals surface area contributed by atoms with Gasteiger partial charge in [0, 0.05) is 46.2 Å².